The summed E-state index contributed by atoms with van der Waals surface area (Å²) in [7, 11) is 0. The number of para-hydroxylation sites is 1. The summed E-state index contributed by atoms with van der Waals surface area (Å²) in [5.74, 6) is -0.396. The van der Waals surface area contributed by atoms with Crippen LogP contribution >= 0.6 is 0 Å². The van der Waals surface area contributed by atoms with E-state index in [1.54, 1.807) is 41.7 Å². The van der Waals surface area contributed by atoms with Gasteiger partial charge >= 0.3 is 12.3 Å². The number of carbonyl (C=O) groups is 2. The van der Waals surface area contributed by atoms with E-state index in [1.165, 1.54) is 11.0 Å². The number of alkyl halides is 3. The molecule has 1 unspecified atom stereocenters. The van der Waals surface area contributed by atoms with Crippen LogP contribution in [0.4, 0.5) is 29.5 Å². The van der Waals surface area contributed by atoms with Crippen molar-refractivity contribution in [1.29, 1.82) is 0 Å². The number of amides is 2. The third-order valence-corrected chi connectivity index (χ3v) is 4.78. The molecule has 2 amide bonds. The number of carbonyl (C=O) groups excluding carboxylic acids is 2. The van der Waals surface area contributed by atoms with Gasteiger partial charge in [0.2, 0.25) is 0 Å². The molecular weight excluding hydrogens is 389 g/mol. The molecule has 152 valence electrons. The second-order valence-electron chi connectivity index (χ2n) is 6.78. The first kappa shape index (κ1) is 19.0. The molecule has 3 heterocycles. The minimum Gasteiger partial charge on any atom is -0.410 e. The number of pyridine rings is 1. The summed E-state index contributed by atoms with van der Waals surface area (Å²) < 4.78 is 42.6. The van der Waals surface area contributed by atoms with Crippen molar-refractivity contribution in [2.75, 3.05) is 29.4 Å². The summed E-state index contributed by atoms with van der Waals surface area (Å²) in [5, 5.41) is 1.79. The van der Waals surface area contributed by atoms with E-state index >= 15 is 0 Å². The number of hydrogen-bond acceptors (Lipinski definition) is 5. The Balaban J connectivity index is 1.62. The van der Waals surface area contributed by atoms with E-state index in [2.05, 4.69) is 4.98 Å². The van der Waals surface area contributed by atoms with Crippen molar-refractivity contribution in [2.24, 2.45) is 0 Å². The van der Waals surface area contributed by atoms with Crippen molar-refractivity contribution in [1.82, 2.24) is 10.3 Å². The molecule has 2 aromatic rings. The van der Waals surface area contributed by atoms with Crippen LogP contribution in [0.25, 0.3) is 0 Å². The molecule has 4 rings (SSSR count). The number of aromatic nitrogens is 1. The Bertz CT molecular complexity index is 936. The minimum absolute atomic E-state index is 0.195. The van der Waals surface area contributed by atoms with Gasteiger partial charge in [-0.05, 0) is 30.7 Å². The normalized spacial score (nSPS) is 17.7. The predicted molar refractivity (Wildman–Crippen MR) is 98.2 cm³/mol. The van der Waals surface area contributed by atoms with Gasteiger partial charge in [-0.1, -0.05) is 18.2 Å². The van der Waals surface area contributed by atoms with Crippen LogP contribution in [0.2, 0.25) is 0 Å². The zero-order chi connectivity index (χ0) is 20.6. The van der Waals surface area contributed by atoms with Gasteiger partial charge < -0.3 is 15.0 Å². The highest BCUT2D eigenvalue weighted by Crippen LogP contribution is 2.39. The van der Waals surface area contributed by atoms with Gasteiger partial charge in [-0.25, -0.2) is 9.78 Å². The van der Waals surface area contributed by atoms with Crippen LogP contribution in [0.3, 0.4) is 0 Å². The van der Waals surface area contributed by atoms with Gasteiger partial charge in [-0.3, -0.25) is 9.69 Å². The van der Waals surface area contributed by atoms with Crippen LogP contribution < -0.4 is 19.9 Å². The first-order chi connectivity index (χ1) is 13.8. The lowest BCUT2D eigenvalue weighted by Crippen LogP contribution is -2.48. The van der Waals surface area contributed by atoms with Crippen LogP contribution in [-0.4, -0.2) is 48.8 Å². The Labute approximate surface area is 164 Å². The molecule has 7 nitrogen and oxygen atoms in total. The van der Waals surface area contributed by atoms with Crippen LogP contribution in [-0.2, 0) is 0 Å². The topological polar surface area (TPSA) is 74.8 Å². The fraction of sp³-hybridized carbons (Fsp3) is 0.316. The maximum Gasteiger partial charge on any atom is 0.421 e. The Morgan fingerprint density at radius 2 is 1.93 bits per heavy atom. The minimum atomic E-state index is -4.53. The predicted octanol–water partition coefficient (Wildman–Crippen LogP) is 2.97. The summed E-state index contributed by atoms with van der Waals surface area (Å²) in [6.07, 6.45) is -4.49. The van der Waals surface area contributed by atoms with Crippen molar-refractivity contribution in [3.63, 3.8) is 0 Å². The lowest BCUT2D eigenvalue weighted by molar-refractivity contribution is -0.123. The quantitative estimate of drug-likeness (QED) is 0.848. The molecule has 2 aliphatic heterocycles. The average molecular weight is 406 g/mol. The van der Waals surface area contributed by atoms with Gasteiger partial charge in [0, 0.05) is 13.1 Å². The standard InChI is InChI=1S/C19H17F3N4O3/c20-19(21,22)11-23-17(27)14-6-7-15-16(24-14)26(12-8-9-25(15)10-12)18(28)29-13-4-2-1-3-5-13/h1-7,12H,8-11H2,(H,23,27). The first-order valence-electron chi connectivity index (χ1n) is 8.99. The largest absolute Gasteiger partial charge is 0.421 e. The van der Waals surface area contributed by atoms with E-state index < -0.39 is 24.7 Å². The monoisotopic (exact) mass is 406 g/mol. The number of hydrogen-bond donors (Lipinski definition) is 1. The lowest BCUT2D eigenvalue weighted by Gasteiger charge is -2.35. The molecule has 1 aromatic carbocycles. The zero-order valence-corrected chi connectivity index (χ0v) is 15.1. The van der Waals surface area contributed by atoms with Crippen molar-refractivity contribution in [3.05, 3.63) is 48.2 Å². The van der Waals surface area contributed by atoms with Crippen molar-refractivity contribution < 1.29 is 27.5 Å². The Kier molecular flexibility index (Phi) is 4.77. The van der Waals surface area contributed by atoms with Crippen LogP contribution in [0.15, 0.2) is 42.5 Å². The average Bonchev–Trinajstić information content (AvgIpc) is 3.10. The van der Waals surface area contributed by atoms with E-state index in [0.29, 0.717) is 30.9 Å². The van der Waals surface area contributed by atoms with Crippen LogP contribution in [0.1, 0.15) is 16.9 Å². The van der Waals surface area contributed by atoms with Gasteiger partial charge in [-0.2, -0.15) is 13.2 Å². The number of halogens is 3. The third kappa shape index (κ3) is 3.96. The fourth-order valence-corrected chi connectivity index (χ4v) is 3.48. The fourth-order valence-electron chi connectivity index (χ4n) is 3.48. The van der Waals surface area contributed by atoms with Crippen molar-refractivity contribution >= 4 is 23.5 Å². The molecular formula is C19H17F3N4O3. The molecule has 0 radical (unpaired) electrons. The Morgan fingerprint density at radius 1 is 1.17 bits per heavy atom. The summed E-state index contributed by atoms with van der Waals surface area (Å²) >= 11 is 0. The molecule has 0 saturated carbocycles. The summed E-state index contributed by atoms with van der Waals surface area (Å²) in [6, 6.07) is 11.3. The molecule has 1 N–H and O–H groups in total. The molecule has 1 fully saturated rings. The van der Waals surface area contributed by atoms with E-state index in [9.17, 15) is 22.8 Å². The number of ether oxygens (including phenoxy) is 1. The third-order valence-electron chi connectivity index (χ3n) is 4.78. The smallest absolute Gasteiger partial charge is 0.410 e. The van der Waals surface area contributed by atoms with E-state index in [1.807, 2.05) is 4.90 Å². The van der Waals surface area contributed by atoms with Gasteiger partial charge in [0.05, 0.1) is 11.7 Å². The van der Waals surface area contributed by atoms with E-state index in [4.69, 9.17) is 4.74 Å². The number of anilines is 2. The van der Waals surface area contributed by atoms with Crippen LogP contribution in [0, 0.1) is 0 Å². The number of rotatable bonds is 3. The molecule has 1 atom stereocenters. The van der Waals surface area contributed by atoms with E-state index in [-0.39, 0.29) is 17.6 Å². The molecule has 0 spiro atoms. The zero-order valence-electron chi connectivity index (χ0n) is 15.1. The summed E-state index contributed by atoms with van der Waals surface area (Å²) in [5.41, 5.74) is 0.434. The highest BCUT2D eigenvalue weighted by molar-refractivity contribution is 5.98. The molecule has 1 aromatic heterocycles. The highest BCUT2D eigenvalue weighted by Gasteiger charge is 2.41. The van der Waals surface area contributed by atoms with Gasteiger partial charge in [-0.15, -0.1) is 0 Å². The Hall–Kier alpha value is -3.30. The van der Waals surface area contributed by atoms with Gasteiger partial charge in [0.25, 0.3) is 5.91 Å². The molecule has 10 heteroatoms. The maximum atomic E-state index is 12.9. The first-order valence-corrected chi connectivity index (χ1v) is 8.99. The van der Waals surface area contributed by atoms with Gasteiger partial charge in [0.15, 0.2) is 5.82 Å². The van der Waals surface area contributed by atoms with Crippen LogP contribution in [0.5, 0.6) is 5.75 Å². The summed E-state index contributed by atoms with van der Waals surface area (Å²) in [6.45, 7) is -0.161. The summed E-state index contributed by atoms with van der Waals surface area (Å²) in [4.78, 5) is 32.6. The van der Waals surface area contributed by atoms with E-state index in [0.717, 1.165) is 0 Å². The Morgan fingerprint density at radius 3 is 2.66 bits per heavy atom. The highest BCUT2D eigenvalue weighted by atomic mass is 19.4. The number of benzene rings is 1. The van der Waals surface area contributed by atoms with Gasteiger partial charge in [0.1, 0.15) is 18.0 Å². The van der Waals surface area contributed by atoms with Crippen molar-refractivity contribution in [2.45, 2.75) is 18.6 Å². The second kappa shape index (κ2) is 7.26. The molecule has 0 aliphatic carbocycles. The molecule has 29 heavy (non-hydrogen) atoms. The van der Waals surface area contributed by atoms with Crippen molar-refractivity contribution in [3.8, 4) is 5.75 Å². The molecule has 2 aliphatic rings. The lowest BCUT2D eigenvalue weighted by atomic mass is 10.2. The SMILES string of the molecule is O=C(NCC(F)(F)F)c1ccc2c(n1)N(C(=O)Oc1ccccc1)C1CCN2C1. The second-order valence-corrected chi connectivity index (χ2v) is 6.78. The number of fused-ring (bicyclic) bond motifs is 4. The molecule has 2 bridgehead atoms. The molecule has 1 saturated heterocycles. The maximum absolute atomic E-state index is 12.9. The number of nitrogens with one attached hydrogen (secondary N) is 1. The number of nitrogens with zero attached hydrogens (tertiary/aromatic N) is 3.